The van der Waals surface area contributed by atoms with Crippen LogP contribution in [0.1, 0.15) is 58.8 Å². The average Bonchev–Trinajstić information content (AvgIpc) is 3.49. The first-order valence-electron chi connectivity index (χ1n) is 9.62. The van der Waals surface area contributed by atoms with E-state index in [9.17, 15) is 13.2 Å². The standard InChI is InChI=1S/C18H29N3O4S/c1-17(6-7-17)11-25-16-19-14-5-4-12(10-13(14)15(22)21(16)3)26(23,24)20-18(2)8-9-18/h12-14,20H,4-11H2,1-3H3. The maximum Gasteiger partial charge on any atom is 0.294 e. The minimum Gasteiger partial charge on any atom is -0.464 e. The minimum atomic E-state index is -3.41. The number of sulfonamides is 1. The van der Waals surface area contributed by atoms with Gasteiger partial charge in [0.05, 0.1) is 23.8 Å². The fourth-order valence-corrected chi connectivity index (χ4v) is 5.80. The molecule has 7 nitrogen and oxygen atoms in total. The molecular formula is C18H29N3O4S. The van der Waals surface area contributed by atoms with Crippen LogP contribution >= 0.6 is 0 Å². The Hall–Kier alpha value is -1.15. The quantitative estimate of drug-likeness (QED) is 0.782. The van der Waals surface area contributed by atoms with Gasteiger partial charge < -0.3 is 4.74 Å². The lowest BCUT2D eigenvalue weighted by molar-refractivity contribution is -0.134. The van der Waals surface area contributed by atoms with Gasteiger partial charge in [-0.3, -0.25) is 9.69 Å². The normalized spacial score (nSPS) is 34.7. The van der Waals surface area contributed by atoms with Crippen LogP contribution in [-0.4, -0.2) is 55.7 Å². The van der Waals surface area contributed by atoms with E-state index >= 15 is 0 Å². The van der Waals surface area contributed by atoms with Crippen molar-refractivity contribution in [2.45, 2.75) is 75.6 Å². The van der Waals surface area contributed by atoms with Crippen LogP contribution in [0.25, 0.3) is 0 Å². The lowest BCUT2D eigenvalue weighted by atomic mass is 9.83. The average molecular weight is 384 g/mol. The van der Waals surface area contributed by atoms with Crippen molar-refractivity contribution in [3.8, 4) is 0 Å². The summed E-state index contributed by atoms with van der Waals surface area (Å²) in [5, 5.41) is -0.512. The third-order valence-corrected chi connectivity index (χ3v) is 8.54. The number of rotatable bonds is 5. The summed E-state index contributed by atoms with van der Waals surface area (Å²) in [5.41, 5.74) is -0.0548. The summed E-state index contributed by atoms with van der Waals surface area (Å²) >= 11 is 0. The van der Waals surface area contributed by atoms with Gasteiger partial charge in [-0.25, -0.2) is 18.1 Å². The van der Waals surface area contributed by atoms with Gasteiger partial charge in [-0.1, -0.05) is 6.92 Å². The fourth-order valence-electron chi connectivity index (χ4n) is 3.84. The van der Waals surface area contributed by atoms with Gasteiger partial charge in [-0.15, -0.1) is 0 Å². The molecule has 0 bridgehead atoms. The number of amidine groups is 1. The smallest absolute Gasteiger partial charge is 0.294 e. The first-order valence-corrected chi connectivity index (χ1v) is 11.2. The summed E-state index contributed by atoms with van der Waals surface area (Å²) < 4.78 is 34.1. The van der Waals surface area contributed by atoms with Gasteiger partial charge in [0, 0.05) is 18.0 Å². The highest BCUT2D eigenvalue weighted by molar-refractivity contribution is 7.90. The van der Waals surface area contributed by atoms with Crippen molar-refractivity contribution in [1.82, 2.24) is 9.62 Å². The molecule has 0 saturated heterocycles. The molecule has 4 aliphatic rings. The molecule has 26 heavy (non-hydrogen) atoms. The fraction of sp³-hybridized carbons (Fsp3) is 0.889. The second-order valence-corrected chi connectivity index (χ2v) is 11.2. The van der Waals surface area contributed by atoms with E-state index in [0.29, 0.717) is 31.9 Å². The predicted octanol–water partition coefficient (Wildman–Crippen LogP) is 1.64. The first kappa shape index (κ1) is 18.2. The molecule has 0 aromatic carbocycles. The molecule has 0 radical (unpaired) electrons. The van der Waals surface area contributed by atoms with E-state index in [1.807, 2.05) is 6.92 Å². The maximum absolute atomic E-state index is 12.8. The Bertz CT molecular complexity index is 740. The highest BCUT2D eigenvalue weighted by Crippen LogP contribution is 2.45. The van der Waals surface area contributed by atoms with Crippen LogP contribution in [0.4, 0.5) is 0 Å². The molecule has 0 spiro atoms. The number of ether oxygens (including phenoxy) is 1. The van der Waals surface area contributed by atoms with E-state index in [4.69, 9.17) is 4.74 Å². The van der Waals surface area contributed by atoms with Gasteiger partial charge in [-0.2, -0.15) is 0 Å². The second-order valence-electron chi connectivity index (χ2n) is 9.22. The molecule has 3 atom stereocenters. The Morgan fingerprint density at radius 2 is 1.92 bits per heavy atom. The molecule has 8 heteroatoms. The van der Waals surface area contributed by atoms with E-state index in [-0.39, 0.29) is 28.8 Å². The van der Waals surface area contributed by atoms with E-state index in [1.165, 1.54) is 4.90 Å². The number of carbonyl (C=O) groups excluding carboxylic acids is 1. The third kappa shape index (κ3) is 3.50. The first-order chi connectivity index (χ1) is 12.1. The van der Waals surface area contributed by atoms with Crippen molar-refractivity contribution in [3.63, 3.8) is 0 Å². The number of fused-ring (bicyclic) bond motifs is 1. The van der Waals surface area contributed by atoms with Crippen LogP contribution in [0, 0.1) is 11.3 Å². The van der Waals surface area contributed by atoms with Gasteiger partial charge in [0.15, 0.2) is 0 Å². The second kappa shape index (κ2) is 5.92. The van der Waals surface area contributed by atoms with Crippen LogP contribution in [0.15, 0.2) is 4.99 Å². The molecule has 1 amide bonds. The molecule has 3 aliphatic carbocycles. The SMILES string of the molecule is CN1C(=O)C2CC(S(=O)(=O)NC3(C)CC3)CCC2N=C1OCC1(C)CC1. The van der Waals surface area contributed by atoms with Gasteiger partial charge in [-0.05, 0) is 51.9 Å². The maximum atomic E-state index is 12.8. The number of nitrogens with zero attached hydrogens (tertiary/aromatic N) is 2. The van der Waals surface area contributed by atoms with Crippen LogP contribution in [0.5, 0.6) is 0 Å². The molecule has 146 valence electrons. The van der Waals surface area contributed by atoms with E-state index in [1.54, 1.807) is 7.05 Å². The zero-order valence-corrected chi connectivity index (χ0v) is 16.6. The van der Waals surface area contributed by atoms with Gasteiger partial charge >= 0.3 is 0 Å². The van der Waals surface area contributed by atoms with Crippen molar-refractivity contribution in [2.75, 3.05) is 13.7 Å². The molecule has 4 rings (SSSR count). The molecule has 0 aromatic rings. The summed E-state index contributed by atoms with van der Waals surface area (Å²) in [4.78, 5) is 19.0. The van der Waals surface area contributed by atoms with Crippen LogP contribution in [0.3, 0.4) is 0 Å². The van der Waals surface area contributed by atoms with E-state index < -0.39 is 15.3 Å². The molecular weight excluding hydrogens is 354 g/mol. The lowest BCUT2D eigenvalue weighted by Gasteiger charge is -2.39. The van der Waals surface area contributed by atoms with E-state index in [2.05, 4.69) is 16.6 Å². The van der Waals surface area contributed by atoms with Crippen LogP contribution < -0.4 is 4.72 Å². The molecule has 1 N–H and O–H groups in total. The lowest BCUT2D eigenvalue weighted by Crippen LogP contribution is -2.53. The van der Waals surface area contributed by atoms with Crippen molar-refractivity contribution >= 4 is 22.0 Å². The van der Waals surface area contributed by atoms with Crippen LogP contribution in [-0.2, 0) is 19.6 Å². The molecule has 3 fully saturated rings. The number of hydrogen-bond donors (Lipinski definition) is 1. The topological polar surface area (TPSA) is 88.1 Å². The van der Waals surface area contributed by atoms with Gasteiger partial charge in [0.2, 0.25) is 15.9 Å². The summed E-state index contributed by atoms with van der Waals surface area (Å²) in [7, 11) is -1.73. The Morgan fingerprint density at radius 3 is 2.54 bits per heavy atom. The molecule has 1 heterocycles. The zero-order valence-electron chi connectivity index (χ0n) is 15.8. The van der Waals surface area contributed by atoms with Crippen LogP contribution in [0.2, 0.25) is 0 Å². The largest absolute Gasteiger partial charge is 0.464 e. The minimum absolute atomic E-state index is 0.0708. The Labute approximate surface area is 155 Å². The molecule has 1 aliphatic heterocycles. The molecule has 0 aromatic heterocycles. The number of nitrogens with one attached hydrogen (secondary N) is 1. The Morgan fingerprint density at radius 1 is 1.23 bits per heavy atom. The van der Waals surface area contributed by atoms with Crippen molar-refractivity contribution in [3.05, 3.63) is 0 Å². The van der Waals surface area contributed by atoms with E-state index in [0.717, 1.165) is 25.7 Å². The zero-order chi connectivity index (χ0) is 18.7. The summed E-state index contributed by atoms with van der Waals surface area (Å²) in [6.45, 7) is 4.69. The van der Waals surface area contributed by atoms with Crippen molar-refractivity contribution < 1.29 is 17.9 Å². The number of hydrogen-bond acceptors (Lipinski definition) is 5. The molecule has 3 unspecified atom stereocenters. The Balaban J connectivity index is 1.44. The predicted molar refractivity (Wildman–Crippen MR) is 98.1 cm³/mol. The highest BCUT2D eigenvalue weighted by Gasteiger charge is 2.48. The van der Waals surface area contributed by atoms with Gasteiger partial charge in [0.1, 0.15) is 0 Å². The molecule has 3 saturated carbocycles. The highest BCUT2D eigenvalue weighted by atomic mass is 32.2. The Kier molecular flexibility index (Phi) is 4.15. The van der Waals surface area contributed by atoms with Gasteiger partial charge in [0.25, 0.3) is 6.02 Å². The third-order valence-electron chi connectivity index (χ3n) is 6.46. The number of aliphatic imine (C=N–C) groups is 1. The summed E-state index contributed by atoms with van der Waals surface area (Å²) in [6, 6.07) is 0.234. The monoisotopic (exact) mass is 383 g/mol. The number of carbonyl (C=O) groups is 1. The number of amides is 1. The van der Waals surface area contributed by atoms with Crippen molar-refractivity contribution in [2.24, 2.45) is 16.3 Å². The van der Waals surface area contributed by atoms with Crippen molar-refractivity contribution in [1.29, 1.82) is 0 Å². The summed E-state index contributed by atoms with van der Waals surface area (Å²) in [6.07, 6.45) is 5.56. The summed E-state index contributed by atoms with van der Waals surface area (Å²) in [5.74, 6) is -0.440.